The normalized spacial score (nSPS) is 11.4. The van der Waals surface area contributed by atoms with Crippen LogP contribution in [0.2, 0.25) is 0 Å². The van der Waals surface area contributed by atoms with E-state index in [2.05, 4.69) is 10.1 Å². The molecule has 0 spiro atoms. The van der Waals surface area contributed by atoms with Gasteiger partial charge in [0.1, 0.15) is 12.3 Å². The van der Waals surface area contributed by atoms with Crippen molar-refractivity contribution in [1.29, 1.82) is 0 Å². The molecule has 0 aliphatic carbocycles. The Morgan fingerprint density at radius 2 is 1.70 bits per heavy atom. The highest BCUT2D eigenvalue weighted by Crippen LogP contribution is 2.26. The molecular weight excluding hydrogens is 439 g/mol. The minimum Gasteiger partial charge on any atom is -0.408 e. The van der Waals surface area contributed by atoms with Crippen molar-refractivity contribution in [2.45, 2.75) is 12.9 Å². The monoisotopic (exact) mass is 457 g/mol. The van der Waals surface area contributed by atoms with E-state index < -0.39 is 12.1 Å². The van der Waals surface area contributed by atoms with Gasteiger partial charge in [-0.05, 0) is 54.6 Å². The molecule has 10 heteroatoms. The number of anilines is 3. The summed E-state index contributed by atoms with van der Waals surface area (Å²) in [4.78, 5) is 26.5. The summed E-state index contributed by atoms with van der Waals surface area (Å²) < 4.78 is 47.3. The van der Waals surface area contributed by atoms with Crippen LogP contribution in [-0.4, -0.2) is 23.9 Å². The second-order valence-electron chi connectivity index (χ2n) is 7.12. The Balaban J connectivity index is 1.55. The largest absolute Gasteiger partial charge is 0.573 e. The molecule has 0 aliphatic heterocycles. The molecule has 0 fully saturated rings. The molecule has 4 aromatic rings. The maximum atomic E-state index is 12.7. The number of benzene rings is 3. The first kappa shape index (κ1) is 22.0. The van der Waals surface area contributed by atoms with Crippen molar-refractivity contribution >= 4 is 34.1 Å². The highest BCUT2D eigenvalue weighted by atomic mass is 19.4. The second-order valence-corrected chi connectivity index (χ2v) is 7.12. The number of hydrogen-bond donors (Lipinski definition) is 1. The fourth-order valence-electron chi connectivity index (χ4n) is 3.23. The van der Waals surface area contributed by atoms with Crippen LogP contribution in [-0.2, 0) is 11.3 Å². The van der Waals surface area contributed by atoms with Crippen LogP contribution in [0, 0.1) is 0 Å². The third kappa shape index (κ3) is 5.17. The van der Waals surface area contributed by atoms with E-state index in [1.807, 2.05) is 6.07 Å². The van der Waals surface area contributed by atoms with Gasteiger partial charge in [-0.1, -0.05) is 18.2 Å². The van der Waals surface area contributed by atoms with Gasteiger partial charge in [0.2, 0.25) is 5.91 Å². The maximum Gasteiger partial charge on any atom is 0.573 e. The molecule has 0 bridgehead atoms. The molecule has 0 radical (unpaired) electrons. The Labute approximate surface area is 185 Å². The number of oxazole rings is 1. The van der Waals surface area contributed by atoms with E-state index in [0.29, 0.717) is 28.2 Å². The molecule has 0 unspecified atom stereocenters. The molecule has 0 saturated heterocycles. The van der Waals surface area contributed by atoms with Gasteiger partial charge in [-0.15, -0.1) is 13.2 Å². The lowest BCUT2D eigenvalue weighted by atomic mass is 10.2. The SMILES string of the molecule is CN(C(=O)Cn1c(=O)oc2ccc(Nc3ccc(OC(F)(F)F)cc3)cc21)c1ccccc1. The first-order valence-electron chi connectivity index (χ1n) is 9.77. The first-order chi connectivity index (χ1) is 15.7. The highest BCUT2D eigenvalue weighted by molar-refractivity contribution is 5.93. The Bertz CT molecular complexity index is 1330. The summed E-state index contributed by atoms with van der Waals surface area (Å²) in [6, 6.07) is 19.0. The number of nitrogens with zero attached hydrogens (tertiary/aromatic N) is 2. The average Bonchev–Trinajstić information content (AvgIpc) is 3.08. The number of amides is 1. The van der Waals surface area contributed by atoms with Crippen molar-refractivity contribution in [2.75, 3.05) is 17.3 Å². The molecule has 1 amide bonds. The second kappa shape index (κ2) is 8.73. The minimum absolute atomic E-state index is 0.232. The van der Waals surface area contributed by atoms with Gasteiger partial charge in [0.05, 0.1) is 5.52 Å². The number of hydrogen-bond acceptors (Lipinski definition) is 5. The number of para-hydroxylation sites is 1. The third-order valence-corrected chi connectivity index (χ3v) is 4.85. The van der Waals surface area contributed by atoms with Gasteiger partial charge in [0, 0.05) is 24.1 Å². The lowest BCUT2D eigenvalue weighted by molar-refractivity contribution is -0.274. The quantitative estimate of drug-likeness (QED) is 0.446. The molecule has 1 heterocycles. The van der Waals surface area contributed by atoms with Crippen LogP contribution >= 0.6 is 0 Å². The van der Waals surface area contributed by atoms with Crippen LogP contribution in [0.5, 0.6) is 5.75 Å². The highest BCUT2D eigenvalue weighted by Gasteiger charge is 2.31. The molecule has 1 aromatic heterocycles. The van der Waals surface area contributed by atoms with E-state index in [-0.39, 0.29) is 18.2 Å². The number of fused-ring (bicyclic) bond motifs is 1. The van der Waals surface area contributed by atoms with Crippen LogP contribution in [0.4, 0.5) is 30.2 Å². The smallest absolute Gasteiger partial charge is 0.408 e. The summed E-state index contributed by atoms with van der Waals surface area (Å²) >= 11 is 0. The molecule has 1 N–H and O–H groups in total. The van der Waals surface area contributed by atoms with Gasteiger partial charge in [-0.25, -0.2) is 4.79 Å². The zero-order chi connectivity index (χ0) is 23.6. The average molecular weight is 457 g/mol. The van der Waals surface area contributed by atoms with Gasteiger partial charge >= 0.3 is 12.1 Å². The molecule has 33 heavy (non-hydrogen) atoms. The van der Waals surface area contributed by atoms with E-state index in [4.69, 9.17) is 4.42 Å². The van der Waals surface area contributed by atoms with Crippen molar-refractivity contribution < 1.29 is 27.1 Å². The minimum atomic E-state index is -4.77. The summed E-state index contributed by atoms with van der Waals surface area (Å²) in [6.07, 6.45) is -4.77. The first-order valence-corrected chi connectivity index (χ1v) is 9.77. The molecular formula is C23H18F3N3O4. The zero-order valence-electron chi connectivity index (χ0n) is 17.3. The molecule has 0 saturated carbocycles. The van der Waals surface area contributed by atoms with E-state index in [1.165, 1.54) is 33.7 Å². The number of carbonyl (C=O) groups excluding carboxylic acids is 1. The van der Waals surface area contributed by atoms with Crippen LogP contribution < -0.4 is 20.7 Å². The van der Waals surface area contributed by atoms with Crippen molar-refractivity contribution in [2.24, 2.45) is 0 Å². The molecule has 170 valence electrons. The lowest BCUT2D eigenvalue weighted by Gasteiger charge is -2.17. The zero-order valence-corrected chi connectivity index (χ0v) is 17.3. The number of likely N-dealkylation sites (N-methyl/N-ethyl adjacent to an activating group) is 1. The van der Waals surface area contributed by atoms with Gasteiger partial charge in [-0.3, -0.25) is 9.36 Å². The molecule has 4 rings (SSSR count). The summed E-state index contributed by atoms with van der Waals surface area (Å²) in [7, 11) is 1.62. The Morgan fingerprint density at radius 1 is 1.03 bits per heavy atom. The number of aromatic nitrogens is 1. The molecule has 3 aromatic carbocycles. The lowest BCUT2D eigenvalue weighted by Crippen LogP contribution is -2.32. The summed E-state index contributed by atoms with van der Waals surface area (Å²) in [6.45, 7) is -0.232. The number of carbonyl (C=O) groups is 1. The number of alkyl halides is 3. The Kier molecular flexibility index (Phi) is 5.82. The molecule has 0 aliphatic rings. The Morgan fingerprint density at radius 3 is 2.36 bits per heavy atom. The summed E-state index contributed by atoms with van der Waals surface area (Å²) in [5, 5.41) is 3.04. The molecule has 0 atom stereocenters. The number of halogens is 3. The van der Waals surface area contributed by atoms with E-state index in [9.17, 15) is 22.8 Å². The number of rotatable bonds is 6. The van der Waals surface area contributed by atoms with Crippen molar-refractivity contribution in [3.8, 4) is 5.75 Å². The fourth-order valence-corrected chi connectivity index (χ4v) is 3.23. The maximum absolute atomic E-state index is 12.7. The van der Waals surface area contributed by atoms with Crippen molar-refractivity contribution in [3.05, 3.63) is 83.3 Å². The summed E-state index contributed by atoms with van der Waals surface area (Å²) in [5.41, 5.74) is 2.43. The number of ether oxygens (including phenoxy) is 1. The Hall–Kier alpha value is -4.21. The van der Waals surface area contributed by atoms with E-state index in [0.717, 1.165) is 0 Å². The van der Waals surface area contributed by atoms with Gasteiger partial charge in [0.25, 0.3) is 0 Å². The van der Waals surface area contributed by atoms with Crippen LogP contribution in [0.1, 0.15) is 0 Å². The van der Waals surface area contributed by atoms with Gasteiger partial charge in [0.15, 0.2) is 5.58 Å². The third-order valence-electron chi connectivity index (χ3n) is 4.85. The topological polar surface area (TPSA) is 76.7 Å². The standard InChI is InChI=1S/C23H18F3N3O4/c1-28(17-5-3-2-4-6-17)21(30)14-29-19-13-16(9-12-20(19)32-22(29)31)27-15-7-10-18(11-8-15)33-23(24,25)26/h2-13,27H,14H2,1H3. The van der Waals surface area contributed by atoms with Gasteiger partial charge in [-0.2, -0.15) is 0 Å². The van der Waals surface area contributed by atoms with E-state index in [1.54, 1.807) is 49.5 Å². The number of nitrogens with one attached hydrogen (secondary N) is 1. The van der Waals surface area contributed by atoms with Crippen LogP contribution in [0.25, 0.3) is 11.1 Å². The predicted molar refractivity (Wildman–Crippen MR) is 117 cm³/mol. The van der Waals surface area contributed by atoms with Gasteiger partial charge < -0.3 is 19.4 Å². The summed E-state index contributed by atoms with van der Waals surface area (Å²) in [5.74, 6) is -1.33. The predicted octanol–water partition coefficient (Wildman–Crippen LogP) is 4.90. The van der Waals surface area contributed by atoms with Crippen LogP contribution in [0.3, 0.4) is 0 Å². The molecule has 7 nitrogen and oxygen atoms in total. The van der Waals surface area contributed by atoms with Crippen molar-refractivity contribution in [3.63, 3.8) is 0 Å². The van der Waals surface area contributed by atoms with E-state index >= 15 is 0 Å². The van der Waals surface area contributed by atoms with Crippen molar-refractivity contribution in [1.82, 2.24) is 4.57 Å². The fraction of sp³-hybridized carbons (Fsp3) is 0.130. The van der Waals surface area contributed by atoms with Crippen LogP contribution in [0.15, 0.2) is 82.0 Å².